The van der Waals surface area contributed by atoms with Crippen molar-refractivity contribution in [2.75, 3.05) is 11.9 Å². The van der Waals surface area contributed by atoms with Crippen LogP contribution in [0.4, 0.5) is 0 Å². The molecule has 18 heavy (non-hydrogen) atoms. The summed E-state index contributed by atoms with van der Waals surface area (Å²) in [5, 5.41) is 0.963. The van der Waals surface area contributed by atoms with Crippen molar-refractivity contribution >= 4 is 26.0 Å². The van der Waals surface area contributed by atoms with Gasteiger partial charge in [-0.2, -0.15) is 0 Å². The van der Waals surface area contributed by atoms with Gasteiger partial charge in [-0.15, -0.1) is 0 Å². The summed E-state index contributed by atoms with van der Waals surface area (Å²) >= 11 is 3.50. The Balaban J connectivity index is 1.98. The quantitative estimate of drug-likeness (QED) is 0.843. The van der Waals surface area contributed by atoms with Crippen molar-refractivity contribution in [3.8, 4) is 0 Å². The Morgan fingerprint density at radius 3 is 2.50 bits per heavy atom. The van der Waals surface area contributed by atoms with Crippen LogP contribution in [0, 0.1) is 11.8 Å². The Hall–Kier alpha value is -0.390. The molecule has 0 bridgehead atoms. The van der Waals surface area contributed by atoms with Gasteiger partial charge < -0.3 is 0 Å². The second kappa shape index (κ2) is 6.17. The predicted molar refractivity (Wildman–Crippen MR) is 76.3 cm³/mol. The van der Waals surface area contributed by atoms with Gasteiger partial charge >= 0.3 is 0 Å². The smallest absolute Gasteiger partial charge is 0.211 e. The Labute approximate surface area is 117 Å². The van der Waals surface area contributed by atoms with E-state index in [1.54, 1.807) is 24.3 Å². The molecule has 1 aromatic carbocycles. The highest BCUT2D eigenvalue weighted by atomic mass is 79.9. The van der Waals surface area contributed by atoms with Crippen LogP contribution in [0.25, 0.3) is 0 Å². The lowest BCUT2D eigenvalue weighted by Gasteiger charge is -2.17. The van der Waals surface area contributed by atoms with Crippen molar-refractivity contribution in [1.29, 1.82) is 0 Å². The van der Waals surface area contributed by atoms with E-state index in [0.717, 1.165) is 11.8 Å². The molecule has 0 saturated heterocycles. The van der Waals surface area contributed by atoms with Gasteiger partial charge in [0.1, 0.15) is 0 Å². The molecule has 0 heterocycles. The standard InChI is InChI=1S/C13H18BrNO2S/c14-9-11-5-4-6-12(11)10-15-18(16,17)13-7-2-1-3-8-13/h1-3,7-8,11-12,15H,4-6,9-10H2. The molecule has 2 rings (SSSR count). The number of hydrogen-bond acceptors (Lipinski definition) is 2. The molecule has 3 nitrogen and oxygen atoms in total. The molecule has 1 saturated carbocycles. The molecule has 1 aliphatic rings. The molecule has 0 aromatic heterocycles. The normalized spacial score (nSPS) is 24.3. The molecule has 1 aromatic rings. The third kappa shape index (κ3) is 3.33. The van der Waals surface area contributed by atoms with E-state index < -0.39 is 10.0 Å². The van der Waals surface area contributed by atoms with Crippen molar-refractivity contribution in [3.05, 3.63) is 30.3 Å². The van der Waals surface area contributed by atoms with Gasteiger partial charge in [0, 0.05) is 11.9 Å². The van der Waals surface area contributed by atoms with Gasteiger partial charge in [-0.1, -0.05) is 40.5 Å². The van der Waals surface area contributed by atoms with E-state index >= 15 is 0 Å². The van der Waals surface area contributed by atoms with Gasteiger partial charge in [0.25, 0.3) is 0 Å². The molecule has 1 aliphatic carbocycles. The monoisotopic (exact) mass is 331 g/mol. The zero-order valence-corrected chi connectivity index (χ0v) is 12.6. The first-order valence-electron chi connectivity index (χ1n) is 6.24. The number of alkyl halides is 1. The van der Waals surface area contributed by atoms with Crippen molar-refractivity contribution in [2.24, 2.45) is 11.8 Å². The second-order valence-electron chi connectivity index (χ2n) is 4.77. The third-order valence-corrected chi connectivity index (χ3v) is 5.87. The SMILES string of the molecule is O=S(=O)(NCC1CCCC1CBr)c1ccccc1. The summed E-state index contributed by atoms with van der Waals surface area (Å²) in [4.78, 5) is 0.346. The first-order valence-corrected chi connectivity index (χ1v) is 8.84. The fourth-order valence-corrected chi connectivity index (χ4v) is 4.45. The highest BCUT2D eigenvalue weighted by Gasteiger charge is 2.27. The molecule has 0 amide bonds. The molecule has 0 radical (unpaired) electrons. The summed E-state index contributed by atoms with van der Waals surface area (Å²) in [7, 11) is -3.34. The van der Waals surface area contributed by atoms with E-state index in [9.17, 15) is 8.42 Å². The van der Waals surface area contributed by atoms with Gasteiger partial charge in [-0.05, 0) is 36.8 Å². The van der Waals surface area contributed by atoms with Crippen LogP contribution in [0.15, 0.2) is 35.2 Å². The highest BCUT2D eigenvalue weighted by Crippen LogP contribution is 2.32. The van der Waals surface area contributed by atoms with Gasteiger partial charge in [0.2, 0.25) is 10.0 Å². The van der Waals surface area contributed by atoms with E-state index in [2.05, 4.69) is 20.7 Å². The van der Waals surface area contributed by atoms with E-state index in [1.165, 1.54) is 12.8 Å². The molecule has 0 spiro atoms. The van der Waals surface area contributed by atoms with Crippen LogP contribution in [-0.2, 0) is 10.0 Å². The minimum absolute atomic E-state index is 0.346. The van der Waals surface area contributed by atoms with Gasteiger partial charge in [-0.3, -0.25) is 0 Å². The largest absolute Gasteiger partial charge is 0.240 e. The molecule has 2 atom stereocenters. The molecule has 100 valence electrons. The zero-order chi connectivity index (χ0) is 13.0. The van der Waals surface area contributed by atoms with Gasteiger partial charge in [0.15, 0.2) is 0 Å². The fraction of sp³-hybridized carbons (Fsp3) is 0.538. The average molecular weight is 332 g/mol. The lowest BCUT2D eigenvalue weighted by atomic mass is 9.99. The van der Waals surface area contributed by atoms with Crippen LogP contribution >= 0.6 is 15.9 Å². The average Bonchev–Trinajstić information content (AvgIpc) is 2.85. The van der Waals surface area contributed by atoms with Gasteiger partial charge in [0.05, 0.1) is 4.90 Å². The summed E-state index contributed by atoms with van der Waals surface area (Å²) < 4.78 is 26.9. The number of halogens is 1. The molecule has 2 unspecified atom stereocenters. The number of rotatable bonds is 5. The number of sulfonamides is 1. The first-order chi connectivity index (χ1) is 8.63. The lowest BCUT2D eigenvalue weighted by Crippen LogP contribution is -2.31. The highest BCUT2D eigenvalue weighted by molar-refractivity contribution is 9.09. The Bertz CT molecular complexity index is 475. The minimum Gasteiger partial charge on any atom is -0.211 e. The summed E-state index contributed by atoms with van der Waals surface area (Å²) in [6, 6.07) is 8.55. The summed E-state index contributed by atoms with van der Waals surface area (Å²) in [5.74, 6) is 1.06. The van der Waals surface area contributed by atoms with Gasteiger partial charge in [-0.25, -0.2) is 13.1 Å². The molecular formula is C13H18BrNO2S. The van der Waals surface area contributed by atoms with Crippen LogP contribution in [0.5, 0.6) is 0 Å². The number of hydrogen-bond donors (Lipinski definition) is 1. The molecular weight excluding hydrogens is 314 g/mol. The minimum atomic E-state index is -3.34. The van der Waals surface area contributed by atoms with E-state index in [1.807, 2.05) is 6.07 Å². The van der Waals surface area contributed by atoms with Crippen LogP contribution in [-0.4, -0.2) is 20.3 Å². The van der Waals surface area contributed by atoms with Crippen LogP contribution < -0.4 is 4.72 Å². The molecule has 5 heteroatoms. The molecule has 1 N–H and O–H groups in total. The summed E-state index contributed by atoms with van der Waals surface area (Å²) in [6.45, 7) is 0.549. The predicted octanol–water partition coefficient (Wildman–Crippen LogP) is 2.78. The van der Waals surface area contributed by atoms with Crippen molar-refractivity contribution in [3.63, 3.8) is 0 Å². The number of nitrogens with one attached hydrogen (secondary N) is 1. The van der Waals surface area contributed by atoms with Crippen LogP contribution in [0.2, 0.25) is 0 Å². The van der Waals surface area contributed by atoms with E-state index in [0.29, 0.717) is 23.3 Å². The first kappa shape index (κ1) is 14.0. The van der Waals surface area contributed by atoms with Crippen LogP contribution in [0.1, 0.15) is 19.3 Å². The summed E-state index contributed by atoms with van der Waals surface area (Å²) in [6.07, 6.45) is 3.52. The van der Waals surface area contributed by atoms with E-state index in [4.69, 9.17) is 0 Å². The third-order valence-electron chi connectivity index (χ3n) is 3.60. The van der Waals surface area contributed by atoms with Crippen LogP contribution in [0.3, 0.4) is 0 Å². The van der Waals surface area contributed by atoms with Crippen molar-refractivity contribution in [1.82, 2.24) is 4.72 Å². The molecule has 0 aliphatic heterocycles. The lowest BCUT2D eigenvalue weighted by molar-refractivity contribution is 0.422. The Kier molecular flexibility index (Phi) is 4.81. The topological polar surface area (TPSA) is 46.2 Å². The van der Waals surface area contributed by atoms with Crippen molar-refractivity contribution in [2.45, 2.75) is 24.2 Å². The van der Waals surface area contributed by atoms with E-state index in [-0.39, 0.29) is 0 Å². The second-order valence-corrected chi connectivity index (χ2v) is 7.18. The Morgan fingerprint density at radius 1 is 1.17 bits per heavy atom. The summed E-state index contributed by atoms with van der Waals surface area (Å²) in [5.41, 5.74) is 0. The number of benzene rings is 1. The maximum absolute atomic E-state index is 12.1. The van der Waals surface area contributed by atoms with Crippen molar-refractivity contribution < 1.29 is 8.42 Å². The Morgan fingerprint density at radius 2 is 1.83 bits per heavy atom. The fourth-order valence-electron chi connectivity index (χ4n) is 2.49. The maximum Gasteiger partial charge on any atom is 0.240 e. The zero-order valence-electron chi connectivity index (χ0n) is 10.2. The molecule has 1 fully saturated rings. The maximum atomic E-state index is 12.1.